The highest BCUT2D eigenvalue weighted by molar-refractivity contribution is 14.1. The Morgan fingerprint density at radius 1 is 0.616 bits per heavy atom. The van der Waals surface area contributed by atoms with Gasteiger partial charge in [-0.2, -0.15) is 0 Å². The number of fused-ring (bicyclic) bond motifs is 6. The Kier molecular flexibility index (Phi) is 20.8. The van der Waals surface area contributed by atoms with Crippen molar-refractivity contribution in [3.8, 4) is 22.6 Å². The average Bonchev–Trinajstić information content (AvgIpc) is 0.717. The molecule has 2 saturated carbocycles. The third kappa shape index (κ3) is 12.4. The van der Waals surface area contributed by atoms with E-state index in [0.717, 1.165) is 25.8 Å². The Labute approximate surface area is 514 Å². The molecule has 0 aromatic heterocycles. The molecule has 4 unspecified atom stereocenters. The molecule has 6 radical (unpaired) electrons. The van der Waals surface area contributed by atoms with E-state index in [1.165, 1.54) is 21.9 Å². The van der Waals surface area contributed by atoms with Crippen LogP contribution in [0.5, 0.6) is 11.5 Å². The standard InChI is InChI=1S/C28H28N2O7.C21H21IN2O7.C7H9BO2.C4H4.B4/c1-12-4-6-13(7-5-12)15-8-9-18(31)20-16(15)10-14-11-17-22(30(2)3)24(33)21(27(29)36)26(35)28(17,37)25(34)19(14)23(20)32;1-24(2)15-9-6-7-5-8-10(22)3-4-11(25)13(8)16(26)12(7)18(28)21(9,31)19(29)14(17(15)27)20(23)30;1-6-2-4-7(5-3-6)8(9)10;1-3-4-2;1-4(2)3/h4-9,14,17,22,31-32,35,37H,10-11H2,1-3H3,(H2,29,36);3-4,7,9,15,25-26,29,31H,5-6H2,1-2H3,(H2,23,30);2-5,9-10H,1H3;1-2H2;/t14?,17?,22-,28-;7?,9?,15-,21-;;;/m00.../s1. The van der Waals surface area contributed by atoms with Crippen LogP contribution in [-0.4, -0.2) is 184 Å². The van der Waals surface area contributed by atoms with Crippen LogP contribution < -0.4 is 16.9 Å². The first-order chi connectivity index (χ1) is 40.2. The minimum absolute atomic E-state index is 0.0504. The number of likely N-dealkylation sites (N-methyl/N-ethyl adjacent to an activating group) is 2. The Morgan fingerprint density at radius 2 is 0.977 bits per heavy atom. The number of carbonyl (C=O) groups excluding carboxylic acids is 6. The van der Waals surface area contributed by atoms with E-state index in [1.54, 1.807) is 52.5 Å². The van der Waals surface area contributed by atoms with E-state index in [1.807, 2.05) is 50.2 Å². The lowest BCUT2D eigenvalue weighted by molar-refractivity contribution is -0.155. The van der Waals surface area contributed by atoms with Crippen molar-refractivity contribution >= 4 is 111 Å². The van der Waals surface area contributed by atoms with Gasteiger partial charge in [-0.25, -0.2) is 0 Å². The molecule has 6 aliphatic carbocycles. The number of aryl methyl sites for hydroxylation is 2. The zero-order valence-corrected chi connectivity index (χ0v) is 50.0. The van der Waals surface area contributed by atoms with Crippen LogP contribution in [0, 0.1) is 41.1 Å². The Hall–Kier alpha value is -7.63. The van der Waals surface area contributed by atoms with Crippen LogP contribution in [0.15, 0.2) is 131 Å². The van der Waals surface area contributed by atoms with Gasteiger partial charge in [0.15, 0.2) is 22.8 Å². The number of primary amides is 2. The molecule has 0 bridgehead atoms. The van der Waals surface area contributed by atoms with Gasteiger partial charge in [-0.1, -0.05) is 77.2 Å². The molecule has 14 N–H and O–H groups in total. The van der Waals surface area contributed by atoms with Crippen LogP contribution >= 0.6 is 22.6 Å². The molecule has 0 heterocycles. The van der Waals surface area contributed by atoms with Gasteiger partial charge in [0.05, 0.1) is 23.2 Å². The topological polar surface area (TPSA) is 363 Å². The summed E-state index contributed by atoms with van der Waals surface area (Å²) < 4.78 is 0.784. The van der Waals surface area contributed by atoms with Gasteiger partial charge >= 0.3 is 7.12 Å². The van der Waals surface area contributed by atoms with Crippen LogP contribution in [0.25, 0.3) is 22.6 Å². The number of phenolic OH excluding ortho intramolecular Hbond substituents is 2. The number of nitrogens with two attached hydrogens (primary N) is 2. The summed E-state index contributed by atoms with van der Waals surface area (Å²) in [7, 11) is 18.9. The number of ketones is 4. The van der Waals surface area contributed by atoms with Crippen LogP contribution in [0.2, 0.25) is 0 Å². The fourth-order valence-corrected chi connectivity index (χ4v) is 12.9. The highest BCUT2D eigenvalue weighted by Crippen LogP contribution is 2.55. The molecule has 4 aromatic carbocycles. The molecule has 26 heteroatoms. The number of hydrogen-bond donors (Lipinski definition) is 12. The predicted octanol–water partition coefficient (Wildman–Crippen LogP) is 1.77. The summed E-state index contributed by atoms with van der Waals surface area (Å²) in [6.07, 6.45) is -0.000383. The number of halogens is 1. The first kappa shape index (κ1) is 67.5. The molecule has 440 valence electrons. The van der Waals surface area contributed by atoms with Crippen molar-refractivity contribution in [2.45, 2.75) is 62.8 Å². The quantitative estimate of drug-likeness (QED) is 0.0566. The summed E-state index contributed by atoms with van der Waals surface area (Å²) in [5.74, 6) is -13.0. The summed E-state index contributed by atoms with van der Waals surface area (Å²) in [6.45, 7) is 10.3. The minimum atomic E-state index is -2.64. The maximum Gasteiger partial charge on any atom is 0.488 e. The van der Waals surface area contributed by atoms with Crippen LogP contribution in [0.4, 0.5) is 0 Å². The van der Waals surface area contributed by atoms with E-state index in [2.05, 4.69) is 70.4 Å². The lowest BCUT2D eigenvalue weighted by Crippen LogP contribution is -2.65. The number of nitrogens with zero attached hydrogens (tertiary/aromatic N) is 2. The summed E-state index contributed by atoms with van der Waals surface area (Å²) in [5.41, 5.74) is 13.9. The van der Waals surface area contributed by atoms with Crippen molar-refractivity contribution in [2.24, 2.45) is 35.1 Å². The molecule has 20 nitrogen and oxygen atoms in total. The van der Waals surface area contributed by atoms with Gasteiger partial charge in [-0.3, -0.25) is 38.6 Å². The van der Waals surface area contributed by atoms with Gasteiger partial charge in [0.2, 0.25) is 11.6 Å². The molecule has 0 aliphatic heterocycles. The summed E-state index contributed by atoms with van der Waals surface area (Å²) in [5, 5.41) is 105. The highest BCUT2D eigenvalue weighted by atomic mass is 127. The predicted molar refractivity (Wildman–Crippen MR) is 334 cm³/mol. The largest absolute Gasteiger partial charge is 0.508 e. The fourth-order valence-electron chi connectivity index (χ4n) is 12.2. The molecule has 4 aromatic rings. The van der Waals surface area contributed by atoms with Crippen molar-refractivity contribution < 1.29 is 79.7 Å². The summed E-state index contributed by atoms with van der Waals surface area (Å²) in [4.78, 5) is 80.5. The van der Waals surface area contributed by atoms with E-state index in [4.69, 9.17) is 21.5 Å². The van der Waals surface area contributed by atoms with Gasteiger partial charge < -0.3 is 62.4 Å². The minimum Gasteiger partial charge on any atom is -0.508 e. The number of aromatic hydroxyl groups is 2. The second-order valence-electron chi connectivity index (χ2n) is 21.9. The normalized spacial score (nSPS) is 24.2. The second-order valence-corrected chi connectivity index (χ2v) is 23.1. The molecule has 8 atom stereocenters. The van der Waals surface area contributed by atoms with Crippen molar-refractivity contribution in [1.29, 1.82) is 0 Å². The average molecular weight is 1280 g/mol. The number of Topliss-reactive ketones (excluding diaryl/α,β-unsaturated/α-hetero) is 4. The third-order valence-electron chi connectivity index (χ3n) is 16.0. The molecule has 0 spiro atoms. The maximum absolute atomic E-state index is 13.9. The highest BCUT2D eigenvalue weighted by Gasteiger charge is 2.66. The van der Waals surface area contributed by atoms with E-state index < -0.39 is 130 Å². The van der Waals surface area contributed by atoms with Gasteiger partial charge in [-0.05, 0) is 161 Å². The zero-order chi connectivity index (χ0) is 64.5. The molecular formula is C60H62B5IN4O16. The molecule has 2 amide bonds. The summed E-state index contributed by atoms with van der Waals surface area (Å²) >= 11 is 2.07. The Balaban J connectivity index is 0.000000216. The lowest BCUT2D eigenvalue weighted by atomic mass is 9.08. The van der Waals surface area contributed by atoms with Crippen LogP contribution in [-0.2, 0) is 41.6 Å². The second kappa shape index (κ2) is 26.6. The molecule has 86 heavy (non-hydrogen) atoms. The van der Waals surface area contributed by atoms with E-state index >= 15 is 0 Å². The number of aliphatic hydroxyl groups is 6. The molecular weight excluding hydrogens is 1210 g/mol. The first-order valence-electron chi connectivity index (χ1n) is 26.6. The molecule has 10 rings (SSSR count). The Bertz CT molecular complexity index is 3640. The lowest BCUT2D eigenvalue weighted by Gasteiger charge is -2.50. The molecule has 6 aliphatic rings. The number of rotatable bonds is 6. The number of amides is 2. The number of carbonyl (C=O) groups is 6. The van der Waals surface area contributed by atoms with Crippen LogP contribution in [0.1, 0.15) is 46.2 Å². The van der Waals surface area contributed by atoms with E-state index in [-0.39, 0.29) is 53.0 Å². The zero-order valence-electron chi connectivity index (χ0n) is 47.9. The van der Waals surface area contributed by atoms with Crippen molar-refractivity contribution in [2.75, 3.05) is 28.2 Å². The number of aliphatic hydroxyl groups excluding tert-OH is 4. The third-order valence-corrected chi connectivity index (χ3v) is 17.0. The number of benzene rings is 4. The number of phenols is 2. The SMILES string of the molecule is C=C=C=C.CN(C)[C@@H]1C(=O)C(C(N)=O)=C(O)[C@@]2(O)C(=O)C3=C(O)c4c(O)ccc(I)c4CC3CC12.Cc1ccc(-c2ccc(O)c3c2CC2CC4[C@H](N(C)C)C(=O)C(C(N)=O)=C(O)[C@@]4(O)C(=O)C2=C3O)cc1.Cc1ccc(B(O)O)cc1.[B]B([B])[B]. The maximum atomic E-state index is 13.9. The Morgan fingerprint density at radius 3 is 1.34 bits per heavy atom. The van der Waals surface area contributed by atoms with E-state index in [9.17, 15) is 69.6 Å². The monoisotopic (exact) mass is 1280 g/mol. The smallest absolute Gasteiger partial charge is 0.488 e. The van der Waals surface area contributed by atoms with Crippen molar-refractivity contribution in [1.82, 2.24) is 9.80 Å². The van der Waals surface area contributed by atoms with Gasteiger partial charge in [0.25, 0.3) is 11.8 Å². The molecule has 2 fully saturated rings. The van der Waals surface area contributed by atoms with Gasteiger partial charge in [-0.15, -0.1) is 0 Å². The van der Waals surface area contributed by atoms with Crippen LogP contribution in [0.3, 0.4) is 0 Å². The fraction of sp³-hybridized carbons (Fsp3) is 0.300. The van der Waals surface area contributed by atoms with Crippen molar-refractivity contribution in [3.05, 3.63) is 168 Å². The van der Waals surface area contributed by atoms with Crippen molar-refractivity contribution in [3.63, 3.8) is 0 Å². The number of hydrogen-bond acceptors (Lipinski definition) is 18. The molecule has 0 saturated heterocycles. The van der Waals surface area contributed by atoms with Gasteiger partial charge in [0.1, 0.15) is 45.7 Å². The van der Waals surface area contributed by atoms with E-state index in [0.29, 0.717) is 23.0 Å². The summed E-state index contributed by atoms with van der Waals surface area (Å²) in [6, 6.07) is 18.9. The van der Waals surface area contributed by atoms with Gasteiger partial charge in [0, 0.05) is 56.1 Å². The first-order valence-corrected chi connectivity index (χ1v) is 27.7.